The van der Waals surface area contributed by atoms with Crippen molar-refractivity contribution in [3.63, 3.8) is 0 Å². The van der Waals surface area contributed by atoms with Gasteiger partial charge in [0.1, 0.15) is 11.8 Å². The predicted octanol–water partition coefficient (Wildman–Crippen LogP) is 4.30. The van der Waals surface area contributed by atoms with Crippen molar-refractivity contribution in [3.8, 4) is 11.8 Å². The van der Waals surface area contributed by atoms with E-state index in [1.165, 1.54) is 17.0 Å². The summed E-state index contributed by atoms with van der Waals surface area (Å²) in [6.45, 7) is 0.836. The van der Waals surface area contributed by atoms with Crippen molar-refractivity contribution in [2.75, 3.05) is 19.7 Å². The lowest BCUT2D eigenvalue weighted by atomic mass is 9.81. The third-order valence-electron chi connectivity index (χ3n) is 5.11. The number of carbonyl (C=O) groups is 1. The number of rotatable bonds is 5. The minimum Gasteiger partial charge on any atom is -0.492 e. The van der Waals surface area contributed by atoms with Gasteiger partial charge in [-0.1, -0.05) is 23.7 Å². The minimum absolute atomic E-state index is 0.0330. The molecule has 30 heavy (non-hydrogen) atoms. The van der Waals surface area contributed by atoms with Gasteiger partial charge >= 0.3 is 6.09 Å². The standard InChI is InChI=1S/C20H18Cl2N2O5S/c21-16-3-1-13(2-4-16)18-7-8-24(20(25)26)11-15(18)12-29-19-6-5-17(30(22,27)28)9-14(19)10-23/h1-6,9,15,18H,7-8,11-12H2,(H,25,26)/t15-,18-/m1/s1. The molecule has 1 saturated heterocycles. The van der Waals surface area contributed by atoms with Gasteiger partial charge in [0.25, 0.3) is 9.05 Å². The first-order valence-corrected chi connectivity index (χ1v) is 11.7. The summed E-state index contributed by atoms with van der Waals surface area (Å²) in [7, 11) is 1.36. The van der Waals surface area contributed by atoms with E-state index in [2.05, 4.69) is 0 Å². The van der Waals surface area contributed by atoms with Gasteiger partial charge in [0.05, 0.1) is 17.1 Å². The van der Waals surface area contributed by atoms with Gasteiger partial charge in [0.15, 0.2) is 0 Å². The van der Waals surface area contributed by atoms with Crippen molar-refractivity contribution in [3.05, 3.63) is 58.6 Å². The number of nitrogens with zero attached hydrogens (tertiary/aromatic N) is 2. The van der Waals surface area contributed by atoms with Crippen LogP contribution in [0.1, 0.15) is 23.5 Å². The third kappa shape index (κ3) is 5.17. The average molecular weight is 469 g/mol. The van der Waals surface area contributed by atoms with E-state index in [0.717, 1.165) is 11.6 Å². The summed E-state index contributed by atoms with van der Waals surface area (Å²) in [6.07, 6.45) is -0.375. The molecule has 2 atom stereocenters. The number of likely N-dealkylation sites (tertiary alicyclic amines) is 1. The second-order valence-corrected chi connectivity index (χ2v) is 9.96. The van der Waals surface area contributed by atoms with Crippen LogP contribution in [0.4, 0.5) is 4.79 Å². The van der Waals surface area contributed by atoms with Gasteiger partial charge < -0.3 is 14.7 Å². The number of amides is 1. The first-order chi connectivity index (χ1) is 14.2. The van der Waals surface area contributed by atoms with Gasteiger partial charge in [-0.05, 0) is 48.2 Å². The van der Waals surface area contributed by atoms with Gasteiger partial charge in [0, 0.05) is 34.7 Å². The van der Waals surface area contributed by atoms with Crippen molar-refractivity contribution in [1.82, 2.24) is 4.90 Å². The molecule has 3 rings (SSSR count). The highest BCUT2D eigenvalue weighted by Crippen LogP contribution is 2.35. The molecule has 7 nitrogen and oxygen atoms in total. The fourth-order valence-corrected chi connectivity index (χ4v) is 4.50. The van der Waals surface area contributed by atoms with Gasteiger partial charge in [-0.2, -0.15) is 5.26 Å². The second kappa shape index (κ2) is 9.13. The van der Waals surface area contributed by atoms with Crippen LogP contribution < -0.4 is 4.74 Å². The topological polar surface area (TPSA) is 108 Å². The average Bonchev–Trinajstić information content (AvgIpc) is 2.71. The van der Waals surface area contributed by atoms with Crippen molar-refractivity contribution < 1.29 is 23.1 Å². The fourth-order valence-electron chi connectivity index (χ4n) is 3.59. The van der Waals surface area contributed by atoms with Crippen LogP contribution >= 0.6 is 22.3 Å². The first kappa shape index (κ1) is 22.2. The van der Waals surface area contributed by atoms with E-state index in [9.17, 15) is 23.6 Å². The molecule has 0 aliphatic carbocycles. The third-order valence-corrected chi connectivity index (χ3v) is 6.71. The molecule has 1 N–H and O–H groups in total. The molecule has 2 aromatic carbocycles. The molecule has 0 spiro atoms. The molecular weight excluding hydrogens is 451 g/mol. The van der Waals surface area contributed by atoms with Crippen molar-refractivity contribution >= 4 is 37.4 Å². The molecule has 1 aliphatic rings. The van der Waals surface area contributed by atoms with Crippen LogP contribution in [0.3, 0.4) is 0 Å². The van der Waals surface area contributed by atoms with Crippen LogP contribution in [-0.4, -0.2) is 44.2 Å². The summed E-state index contributed by atoms with van der Waals surface area (Å²) < 4.78 is 28.8. The number of ether oxygens (including phenoxy) is 1. The van der Waals surface area contributed by atoms with Crippen LogP contribution in [0.15, 0.2) is 47.4 Å². The van der Waals surface area contributed by atoms with Gasteiger partial charge in [-0.15, -0.1) is 0 Å². The second-order valence-electron chi connectivity index (χ2n) is 6.95. The van der Waals surface area contributed by atoms with Crippen LogP contribution in [0, 0.1) is 17.2 Å². The number of halogens is 2. The number of nitriles is 1. The van der Waals surface area contributed by atoms with E-state index in [-0.39, 0.29) is 41.2 Å². The number of carboxylic acid groups (broad SMARTS) is 1. The maximum atomic E-state index is 11.5. The molecule has 0 radical (unpaired) electrons. The molecule has 1 fully saturated rings. The van der Waals surface area contributed by atoms with E-state index in [4.69, 9.17) is 27.0 Å². The van der Waals surface area contributed by atoms with Crippen molar-refractivity contribution in [1.29, 1.82) is 5.26 Å². The molecule has 1 heterocycles. The molecule has 10 heteroatoms. The Morgan fingerprint density at radius 3 is 2.57 bits per heavy atom. The van der Waals surface area contributed by atoms with Crippen LogP contribution in [0.2, 0.25) is 5.02 Å². The molecule has 1 amide bonds. The lowest BCUT2D eigenvalue weighted by Gasteiger charge is -2.37. The molecule has 158 valence electrons. The highest BCUT2D eigenvalue weighted by Gasteiger charge is 2.33. The number of hydrogen-bond donors (Lipinski definition) is 1. The summed E-state index contributed by atoms with van der Waals surface area (Å²) >= 11 is 5.98. The lowest BCUT2D eigenvalue weighted by Crippen LogP contribution is -2.44. The smallest absolute Gasteiger partial charge is 0.407 e. The van der Waals surface area contributed by atoms with E-state index < -0.39 is 15.1 Å². The maximum absolute atomic E-state index is 11.5. The molecule has 1 aliphatic heterocycles. The molecule has 2 aromatic rings. The summed E-state index contributed by atoms with van der Waals surface area (Å²) in [5.74, 6) is 0.0915. The van der Waals surface area contributed by atoms with E-state index >= 15 is 0 Å². The summed E-state index contributed by atoms with van der Waals surface area (Å²) in [4.78, 5) is 12.6. The lowest BCUT2D eigenvalue weighted by molar-refractivity contribution is 0.0937. The number of hydrogen-bond acceptors (Lipinski definition) is 5. The zero-order valence-electron chi connectivity index (χ0n) is 15.7. The Kier molecular flexibility index (Phi) is 6.76. The Labute approximate surface area is 183 Å². The van der Waals surface area contributed by atoms with Crippen molar-refractivity contribution in [2.45, 2.75) is 17.2 Å². The summed E-state index contributed by atoms with van der Waals surface area (Å²) in [6, 6.07) is 13.1. The number of benzene rings is 2. The molecule has 0 bridgehead atoms. The molecule has 0 aromatic heterocycles. The molecule has 0 saturated carbocycles. The quantitative estimate of drug-likeness (QED) is 0.655. The predicted molar refractivity (Wildman–Crippen MR) is 112 cm³/mol. The highest BCUT2D eigenvalue weighted by molar-refractivity contribution is 8.13. The van der Waals surface area contributed by atoms with Crippen LogP contribution in [-0.2, 0) is 9.05 Å². The normalized spacial score (nSPS) is 19.2. The Morgan fingerprint density at radius 1 is 1.27 bits per heavy atom. The zero-order chi connectivity index (χ0) is 21.9. The monoisotopic (exact) mass is 468 g/mol. The summed E-state index contributed by atoms with van der Waals surface area (Å²) in [5, 5.41) is 19.3. The molecular formula is C20H18Cl2N2O5S. The Bertz CT molecular complexity index is 1080. The largest absolute Gasteiger partial charge is 0.492 e. The van der Waals surface area contributed by atoms with Crippen LogP contribution in [0.5, 0.6) is 5.75 Å². The van der Waals surface area contributed by atoms with Gasteiger partial charge in [0.2, 0.25) is 0 Å². The fraction of sp³-hybridized carbons (Fsp3) is 0.300. The Balaban J connectivity index is 1.83. The Morgan fingerprint density at radius 2 is 1.97 bits per heavy atom. The summed E-state index contributed by atoms with van der Waals surface area (Å²) in [5.41, 5.74) is 1.06. The highest BCUT2D eigenvalue weighted by atomic mass is 35.7. The zero-order valence-corrected chi connectivity index (χ0v) is 18.0. The van der Waals surface area contributed by atoms with Gasteiger partial charge in [-0.3, -0.25) is 0 Å². The van der Waals surface area contributed by atoms with E-state index in [1.54, 1.807) is 12.1 Å². The Hall–Kier alpha value is -2.47. The first-order valence-electron chi connectivity index (χ1n) is 9.04. The maximum Gasteiger partial charge on any atom is 0.407 e. The van der Waals surface area contributed by atoms with E-state index in [1.807, 2.05) is 18.2 Å². The van der Waals surface area contributed by atoms with Crippen LogP contribution in [0.25, 0.3) is 0 Å². The van der Waals surface area contributed by atoms with E-state index in [0.29, 0.717) is 18.0 Å². The van der Waals surface area contributed by atoms with Crippen molar-refractivity contribution in [2.24, 2.45) is 5.92 Å². The minimum atomic E-state index is -3.97. The number of piperidine rings is 1. The van der Waals surface area contributed by atoms with Gasteiger partial charge in [-0.25, -0.2) is 13.2 Å². The molecule has 0 unspecified atom stereocenters. The SMILES string of the molecule is N#Cc1cc(S(=O)(=O)Cl)ccc1OC[C@H]1CN(C(=O)O)CC[C@@H]1c1ccc(Cl)cc1.